The highest BCUT2D eigenvalue weighted by Crippen LogP contribution is 2.28. The van der Waals surface area contributed by atoms with Crippen molar-refractivity contribution in [3.05, 3.63) is 51.6 Å². The number of nitrogens with zero attached hydrogens (tertiary/aromatic N) is 2. The highest BCUT2D eigenvalue weighted by molar-refractivity contribution is 14.1. The van der Waals surface area contributed by atoms with E-state index in [0.717, 1.165) is 28.0 Å². The Morgan fingerprint density at radius 1 is 1.33 bits per heavy atom. The van der Waals surface area contributed by atoms with Gasteiger partial charge in [0.1, 0.15) is 11.3 Å². The summed E-state index contributed by atoms with van der Waals surface area (Å²) in [6.45, 7) is 1.55. The molecule has 1 aliphatic rings. The van der Waals surface area contributed by atoms with Crippen LogP contribution in [-0.4, -0.2) is 15.8 Å². The molecule has 0 spiro atoms. The lowest BCUT2D eigenvalue weighted by molar-refractivity contribution is 0.501. The predicted octanol–water partition coefficient (Wildman–Crippen LogP) is 3.53. The van der Waals surface area contributed by atoms with Gasteiger partial charge < -0.3 is 9.73 Å². The molecule has 0 aliphatic heterocycles. The molecule has 4 nitrogen and oxygen atoms in total. The first-order chi connectivity index (χ1) is 10.3. The van der Waals surface area contributed by atoms with Gasteiger partial charge in [-0.15, -0.1) is 0 Å². The van der Waals surface area contributed by atoms with Crippen molar-refractivity contribution in [2.45, 2.75) is 32.0 Å². The third-order valence-electron chi connectivity index (χ3n) is 3.83. The largest absolute Gasteiger partial charge is 0.459 e. The summed E-state index contributed by atoms with van der Waals surface area (Å²) in [6, 6.07) is 8.92. The molecule has 108 valence electrons. The topological polar surface area (TPSA) is 43.0 Å². The zero-order valence-electron chi connectivity index (χ0n) is 11.6. The quantitative estimate of drug-likeness (QED) is 0.675. The highest BCUT2D eigenvalue weighted by atomic mass is 127. The number of rotatable bonds is 5. The van der Waals surface area contributed by atoms with Crippen LogP contribution in [0.1, 0.15) is 24.2 Å². The van der Waals surface area contributed by atoms with E-state index in [1.165, 1.54) is 23.8 Å². The van der Waals surface area contributed by atoms with E-state index in [1.807, 2.05) is 23.0 Å². The Bertz CT molecular complexity index is 773. The zero-order valence-corrected chi connectivity index (χ0v) is 13.7. The van der Waals surface area contributed by atoms with E-state index in [2.05, 4.69) is 51.3 Å². The molecule has 1 fully saturated rings. The van der Waals surface area contributed by atoms with Crippen LogP contribution in [-0.2, 0) is 13.1 Å². The molecule has 1 aromatic carbocycles. The Balaban J connectivity index is 1.70. The number of furan rings is 1. The second-order valence-electron chi connectivity index (χ2n) is 5.51. The summed E-state index contributed by atoms with van der Waals surface area (Å²) in [4.78, 5) is 0. The lowest BCUT2D eigenvalue weighted by Crippen LogP contribution is -2.16. The van der Waals surface area contributed by atoms with Gasteiger partial charge in [-0.1, -0.05) is 18.2 Å². The van der Waals surface area contributed by atoms with E-state index < -0.39 is 0 Å². The van der Waals surface area contributed by atoms with E-state index in [4.69, 9.17) is 4.42 Å². The van der Waals surface area contributed by atoms with Crippen molar-refractivity contribution in [1.29, 1.82) is 0 Å². The fourth-order valence-corrected chi connectivity index (χ4v) is 3.02. The average molecular weight is 393 g/mol. The van der Waals surface area contributed by atoms with Gasteiger partial charge in [-0.05, 0) is 41.5 Å². The second-order valence-corrected chi connectivity index (χ2v) is 6.76. The lowest BCUT2D eigenvalue weighted by atomic mass is 10.1. The van der Waals surface area contributed by atoms with E-state index in [9.17, 15) is 0 Å². The van der Waals surface area contributed by atoms with Crippen molar-refractivity contribution in [3.63, 3.8) is 0 Å². The molecular weight excluding hydrogens is 377 g/mol. The fourth-order valence-electron chi connectivity index (χ4n) is 2.58. The minimum atomic E-state index is 0.678. The molecule has 2 heterocycles. The molecule has 4 rings (SSSR count). The monoisotopic (exact) mass is 393 g/mol. The smallest absolute Gasteiger partial charge is 0.134 e. The van der Waals surface area contributed by atoms with Crippen molar-refractivity contribution in [2.24, 2.45) is 0 Å². The van der Waals surface area contributed by atoms with Crippen LogP contribution in [0.5, 0.6) is 0 Å². The number of halogens is 1. The third kappa shape index (κ3) is 2.85. The van der Waals surface area contributed by atoms with Gasteiger partial charge in [0.2, 0.25) is 0 Å². The van der Waals surface area contributed by atoms with Gasteiger partial charge in [0, 0.05) is 23.2 Å². The number of para-hydroxylation sites is 1. The molecule has 1 N–H and O–H groups in total. The van der Waals surface area contributed by atoms with Crippen molar-refractivity contribution < 1.29 is 4.42 Å². The third-order valence-corrected chi connectivity index (χ3v) is 4.39. The molecule has 3 aromatic rings. The lowest BCUT2D eigenvalue weighted by Gasteiger charge is -2.05. The molecule has 5 heteroatoms. The Morgan fingerprint density at radius 3 is 2.95 bits per heavy atom. The van der Waals surface area contributed by atoms with Crippen LogP contribution in [0.2, 0.25) is 0 Å². The van der Waals surface area contributed by atoms with Crippen LogP contribution in [0, 0.1) is 3.57 Å². The van der Waals surface area contributed by atoms with Crippen molar-refractivity contribution in [1.82, 2.24) is 15.1 Å². The first-order valence-corrected chi connectivity index (χ1v) is 8.28. The number of hydrogen-bond donors (Lipinski definition) is 1. The molecular formula is C16H16IN3O. The van der Waals surface area contributed by atoms with Gasteiger partial charge in [-0.25, -0.2) is 0 Å². The van der Waals surface area contributed by atoms with Crippen LogP contribution in [0.4, 0.5) is 0 Å². The number of aromatic nitrogens is 2. The molecule has 0 unspecified atom stereocenters. The first-order valence-electron chi connectivity index (χ1n) is 7.20. The maximum absolute atomic E-state index is 6.05. The molecule has 0 saturated heterocycles. The number of benzene rings is 1. The molecule has 0 bridgehead atoms. The van der Waals surface area contributed by atoms with Gasteiger partial charge in [0.15, 0.2) is 0 Å². The van der Waals surface area contributed by atoms with Crippen molar-refractivity contribution in [3.8, 4) is 0 Å². The van der Waals surface area contributed by atoms with E-state index in [0.29, 0.717) is 6.04 Å². The number of hydrogen-bond acceptors (Lipinski definition) is 3. The fraction of sp³-hybridized carbons (Fsp3) is 0.312. The minimum Gasteiger partial charge on any atom is -0.459 e. The van der Waals surface area contributed by atoms with Crippen LogP contribution in [0.25, 0.3) is 11.0 Å². The maximum Gasteiger partial charge on any atom is 0.134 e. The molecule has 0 amide bonds. The average Bonchev–Trinajstić information content (AvgIpc) is 3.14. The summed E-state index contributed by atoms with van der Waals surface area (Å²) in [5.41, 5.74) is 2.19. The maximum atomic E-state index is 6.05. The van der Waals surface area contributed by atoms with E-state index >= 15 is 0 Å². The zero-order chi connectivity index (χ0) is 14.2. The highest BCUT2D eigenvalue weighted by Gasteiger charge is 2.22. The molecule has 0 atom stereocenters. The van der Waals surface area contributed by atoms with Crippen LogP contribution < -0.4 is 5.32 Å². The SMILES string of the molecule is Ic1cnn(Cc2c(CNC3CC3)oc3ccccc23)c1. The van der Waals surface area contributed by atoms with Crippen molar-refractivity contribution in [2.75, 3.05) is 0 Å². The predicted molar refractivity (Wildman–Crippen MR) is 90.1 cm³/mol. The summed E-state index contributed by atoms with van der Waals surface area (Å²) >= 11 is 2.28. The van der Waals surface area contributed by atoms with Gasteiger partial charge in [-0.3, -0.25) is 4.68 Å². The summed E-state index contributed by atoms with van der Waals surface area (Å²) in [7, 11) is 0. The van der Waals surface area contributed by atoms with Gasteiger partial charge in [0.25, 0.3) is 0 Å². The summed E-state index contributed by atoms with van der Waals surface area (Å²) < 4.78 is 9.17. The summed E-state index contributed by atoms with van der Waals surface area (Å²) in [6.07, 6.45) is 6.51. The van der Waals surface area contributed by atoms with Crippen LogP contribution >= 0.6 is 22.6 Å². The normalized spacial score (nSPS) is 14.9. The van der Waals surface area contributed by atoms with Crippen molar-refractivity contribution >= 4 is 33.6 Å². The van der Waals surface area contributed by atoms with Gasteiger partial charge in [0.05, 0.1) is 22.9 Å². The molecule has 1 saturated carbocycles. The number of fused-ring (bicyclic) bond motifs is 1. The van der Waals surface area contributed by atoms with Crippen LogP contribution in [0.3, 0.4) is 0 Å². The standard InChI is InChI=1S/C16H16IN3O/c17-11-7-19-20(9-11)10-14-13-3-1-2-4-15(13)21-16(14)8-18-12-5-6-12/h1-4,7,9,12,18H,5-6,8,10H2. The van der Waals surface area contributed by atoms with Crippen LogP contribution in [0.15, 0.2) is 41.1 Å². The molecule has 2 aromatic heterocycles. The molecule has 1 aliphatic carbocycles. The number of nitrogens with one attached hydrogen (secondary N) is 1. The van der Waals surface area contributed by atoms with Gasteiger partial charge >= 0.3 is 0 Å². The van der Waals surface area contributed by atoms with E-state index in [1.54, 1.807) is 0 Å². The first kappa shape index (κ1) is 13.3. The Labute approximate surface area is 136 Å². The Kier molecular flexibility index (Phi) is 3.46. The minimum absolute atomic E-state index is 0.678. The Morgan fingerprint density at radius 2 is 2.19 bits per heavy atom. The summed E-state index contributed by atoms with van der Waals surface area (Å²) in [5, 5.41) is 9.12. The Hall–Kier alpha value is -1.34. The van der Waals surface area contributed by atoms with E-state index in [-0.39, 0.29) is 0 Å². The second kappa shape index (κ2) is 5.46. The molecule has 0 radical (unpaired) electrons. The molecule has 21 heavy (non-hydrogen) atoms. The van der Waals surface area contributed by atoms with Gasteiger partial charge in [-0.2, -0.15) is 5.10 Å². The summed E-state index contributed by atoms with van der Waals surface area (Å²) in [5.74, 6) is 1.04.